The molecule has 0 bridgehead atoms. The first-order valence-corrected chi connectivity index (χ1v) is 7.78. The standard InChI is InChI=1S/C16H32N2O/c1-12(2)18(11-10-17)15(19)13-6-8-14(9-7-13)16(3,4)5/h12-14H,6-11,17H2,1-5H3. The highest BCUT2D eigenvalue weighted by atomic mass is 16.2. The van der Waals surface area contributed by atoms with Gasteiger partial charge in [-0.25, -0.2) is 0 Å². The van der Waals surface area contributed by atoms with Gasteiger partial charge < -0.3 is 10.6 Å². The fourth-order valence-corrected chi connectivity index (χ4v) is 3.20. The molecule has 2 N–H and O–H groups in total. The van der Waals surface area contributed by atoms with Gasteiger partial charge in [0.15, 0.2) is 0 Å². The van der Waals surface area contributed by atoms with Crippen LogP contribution in [0.3, 0.4) is 0 Å². The summed E-state index contributed by atoms with van der Waals surface area (Å²) in [5, 5.41) is 0. The van der Waals surface area contributed by atoms with E-state index in [1.165, 1.54) is 12.8 Å². The Morgan fingerprint density at radius 2 is 1.74 bits per heavy atom. The molecule has 0 heterocycles. The fourth-order valence-electron chi connectivity index (χ4n) is 3.20. The zero-order valence-electron chi connectivity index (χ0n) is 13.4. The molecule has 1 amide bonds. The van der Waals surface area contributed by atoms with Crippen LogP contribution in [0.5, 0.6) is 0 Å². The lowest BCUT2D eigenvalue weighted by Crippen LogP contribution is -2.44. The molecule has 0 aromatic heterocycles. The molecule has 0 unspecified atom stereocenters. The third kappa shape index (κ3) is 4.48. The lowest BCUT2D eigenvalue weighted by molar-refractivity contribution is -0.138. The topological polar surface area (TPSA) is 46.3 Å². The summed E-state index contributed by atoms with van der Waals surface area (Å²) in [6, 6.07) is 0.261. The van der Waals surface area contributed by atoms with Crippen molar-refractivity contribution in [1.29, 1.82) is 0 Å². The molecule has 19 heavy (non-hydrogen) atoms. The summed E-state index contributed by atoms with van der Waals surface area (Å²) in [6.07, 6.45) is 4.48. The Hall–Kier alpha value is -0.570. The van der Waals surface area contributed by atoms with Crippen LogP contribution >= 0.6 is 0 Å². The zero-order valence-corrected chi connectivity index (χ0v) is 13.4. The van der Waals surface area contributed by atoms with Gasteiger partial charge in [0.05, 0.1) is 0 Å². The van der Waals surface area contributed by atoms with Gasteiger partial charge in [-0.05, 0) is 50.9 Å². The minimum atomic E-state index is 0.229. The van der Waals surface area contributed by atoms with Gasteiger partial charge in [-0.1, -0.05) is 20.8 Å². The summed E-state index contributed by atoms with van der Waals surface area (Å²) in [5.74, 6) is 1.32. The number of hydrogen-bond donors (Lipinski definition) is 1. The average molecular weight is 268 g/mol. The Bertz CT molecular complexity index is 286. The van der Waals surface area contributed by atoms with Crippen LogP contribution in [0.4, 0.5) is 0 Å². The lowest BCUT2D eigenvalue weighted by atomic mass is 9.69. The SMILES string of the molecule is CC(C)N(CCN)C(=O)C1CCC(C(C)(C)C)CC1. The molecule has 0 saturated heterocycles. The third-order valence-electron chi connectivity index (χ3n) is 4.58. The number of carbonyl (C=O) groups excluding carboxylic acids is 1. The van der Waals surface area contributed by atoms with Crippen LogP contribution in [0.1, 0.15) is 60.3 Å². The molecule has 0 spiro atoms. The Balaban J connectivity index is 2.56. The van der Waals surface area contributed by atoms with Crippen molar-refractivity contribution in [1.82, 2.24) is 4.90 Å². The third-order valence-corrected chi connectivity index (χ3v) is 4.58. The van der Waals surface area contributed by atoms with Gasteiger partial charge in [0.2, 0.25) is 5.91 Å². The van der Waals surface area contributed by atoms with Crippen LogP contribution in [0.15, 0.2) is 0 Å². The molecular formula is C16H32N2O. The molecule has 0 aromatic rings. The van der Waals surface area contributed by atoms with E-state index >= 15 is 0 Å². The van der Waals surface area contributed by atoms with Crippen molar-refractivity contribution in [2.75, 3.05) is 13.1 Å². The molecule has 3 heteroatoms. The minimum absolute atomic E-state index is 0.229. The maximum Gasteiger partial charge on any atom is 0.225 e. The molecule has 1 aliphatic carbocycles. The highest BCUT2D eigenvalue weighted by Gasteiger charge is 2.34. The van der Waals surface area contributed by atoms with Crippen molar-refractivity contribution in [3.63, 3.8) is 0 Å². The molecule has 1 rings (SSSR count). The van der Waals surface area contributed by atoms with E-state index in [0.717, 1.165) is 18.8 Å². The van der Waals surface area contributed by atoms with E-state index in [1.54, 1.807) is 0 Å². The van der Waals surface area contributed by atoms with Crippen LogP contribution < -0.4 is 5.73 Å². The van der Waals surface area contributed by atoms with Crippen LogP contribution in [-0.2, 0) is 4.79 Å². The molecule has 1 fully saturated rings. The van der Waals surface area contributed by atoms with E-state index in [9.17, 15) is 4.79 Å². The lowest BCUT2D eigenvalue weighted by Gasteiger charge is -2.38. The van der Waals surface area contributed by atoms with Crippen molar-refractivity contribution in [2.45, 2.75) is 66.3 Å². The van der Waals surface area contributed by atoms with E-state index in [2.05, 4.69) is 34.6 Å². The monoisotopic (exact) mass is 268 g/mol. The molecule has 112 valence electrons. The van der Waals surface area contributed by atoms with Gasteiger partial charge in [-0.15, -0.1) is 0 Å². The quantitative estimate of drug-likeness (QED) is 0.852. The van der Waals surface area contributed by atoms with Crippen molar-refractivity contribution in [3.8, 4) is 0 Å². The maximum absolute atomic E-state index is 12.6. The van der Waals surface area contributed by atoms with Gasteiger partial charge in [-0.3, -0.25) is 4.79 Å². The predicted octanol–water partition coefficient (Wildman–Crippen LogP) is 3.03. The first kappa shape index (κ1) is 16.5. The molecule has 1 aliphatic rings. The summed E-state index contributed by atoms with van der Waals surface area (Å²) in [4.78, 5) is 14.5. The first-order valence-electron chi connectivity index (χ1n) is 7.78. The smallest absolute Gasteiger partial charge is 0.225 e. The predicted molar refractivity (Wildman–Crippen MR) is 80.8 cm³/mol. The van der Waals surface area contributed by atoms with Crippen molar-refractivity contribution < 1.29 is 4.79 Å². The zero-order chi connectivity index (χ0) is 14.6. The second-order valence-corrected chi connectivity index (χ2v) is 7.33. The highest BCUT2D eigenvalue weighted by Crippen LogP contribution is 2.40. The van der Waals surface area contributed by atoms with E-state index in [-0.39, 0.29) is 12.0 Å². The summed E-state index contributed by atoms with van der Waals surface area (Å²) in [5.41, 5.74) is 6.00. The van der Waals surface area contributed by atoms with Crippen molar-refractivity contribution >= 4 is 5.91 Å². The Labute approximate surface area is 118 Å². The molecule has 3 nitrogen and oxygen atoms in total. The number of amides is 1. The number of nitrogens with zero attached hydrogens (tertiary/aromatic N) is 1. The number of hydrogen-bond acceptors (Lipinski definition) is 2. The van der Waals surface area contributed by atoms with Crippen LogP contribution in [-0.4, -0.2) is 29.9 Å². The van der Waals surface area contributed by atoms with Crippen LogP contribution in [0.2, 0.25) is 0 Å². The van der Waals surface area contributed by atoms with Gasteiger partial charge in [0, 0.05) is 25.0 Å². The minimum Gasteiger partial charge on any atom is -0.339 e. The summed E-state index contributed by atoms with van der Waals surface area (Å²) < 4.78 is 0. The van der Waals surface area contributed by atoms with E-state index in [1.807, 2.05) is 4.90 Å². The van der Waals surface area contributed by atoms with Crippen LogP contribution in [0.25, 0.3) is 0 Å². The normalized spacial score (nSPS) is 24.6. The Kier molecular flexibility index (Phi) is 5.84. The van der Waals surface area contributed by atoms with Crippen molar-refractivity contribution in [3.05, 3.63) is 0 Å². The number of nitrogens with two attached hydrogens (primary N) is 1. The summed E-state index contributed by atoms with van der Waals surface area (Å²) >= 11 is 0. The average Bonchev–Trinajstić information content (AvgIpc) is 2.34. The fraction of sp³-hybridized carbons (Fsp3) is 0.938. The van der Waals surface area contributed by atoms with Gasteiger partial charge in [0.1, 0.15) is 0 Å². The Morgan fingerprint density at radius 3 is 2.11 bits per heavy atom. The molecule has 0 atom stereocenters. The number of carbonyl (C=O) groups is 1. The number of rotatable bonds is 4. The van der Waals surface area contributed by atoms with Gasteiger partial charge in [0.25, 0.3) is 0 Å². The summed E-state index contributed by atoms with van der Waals surface area (Å²) in [7, 11) is 0. The van der Waals surface area contributed by atoms with Crippen molar-refractivity contribution in [2.24, 2.45) is 23.0 Å². The van der Waals surface area contributed by atoms with Gasteiger partial charge >= 0.3 is 0 Å². The second-order valence-electron chi connectivity index (χ2n) is 7.33. The van der Waals surface area contributed by atoms with Gasteiger partial charge in [-0.2, -0.15) is 0 Å². The largest absolute Gasteiger partial charge is 0.339 e. The summed E-state index contributed by atoms with van der Waals surface area (Å²) in [6.45, 7) is 12.3. The van der Waals surface area contributed by atoms with Crippen LogP contribution in [0, 0.1) is 17.3 Å². The molecule has 0 aliphatic heterocycles. The first-order chi connectivity index (χ1) is 8.77. The highest BCUT2D eigenvalue weighted by molar-refractivity contribution is 5.79. The van der Waals surface area contributed by atoms with E-state index < -0.39 is 0 Å². The molecular weight excluding hydrogens is 236 g/mol. The van der Waals surface area contributed by atoms with E-state index in [4.69, 9.17) is 5.73 Å². The second kappa shape index (κ2) is 6.74. The van der Waals surface area contributed by atoms with E-state index in [0.29, 0.717) is 24.4 Å². The molecule has 1 saturated carbocycles. The maximum atomic E-state index is 12.6. The molecule has 0 aromatic carbocycles. The Morgan fingerprint density at radius 1 is 1.21 bits per heavy atom. The molecule has 0 radical (unpaired) electrons.